The molecule has 0 aliphatic rings. The highest BCUT2D eigenvalue weighted by Gasteiger charge is 2.23. The van der Waals surface area contributed by atoms with Crippen molar-refractivity contribution in [2.24, 2.45) is 0 Å². The normalized spacial score (nSPS) is 10.6. The molecule has 0 aromatic heterocycles. The van der Waals surface area contributed by atoms with Crippen LogP contribution < -0.4 is 9.47 Å². The molecule has 0 radical (unpaired) electrons. The molecule has 0 saturated carbocycles. The van der Waals surface area contributed by atoms with Crippen molar-refractivity contribution >= 4 is 11.7 Å². The summed E-state index contributed by atoms with van der Waals surface area (Å²) in [6, 6.07) is 7.08. The van der Waals surface area contributed by atoms with Crippen LogP contribution in [-0.4, -0.2) is 24.6 Å². The smallest absolute Gasteiger partial charge is 0.387 e. The van der Waals surface area contributed by atoms with Crippen LogP contribution in [0.4, 0.5) is 14.5 Å². The first-order chi connectivity index (χ1) is 12.7. The monoisotopic (exact) mass is 381 g/mol. The largest absolute Gasteiger partial charge is 0.493 e. The van der Waals surface area contributed by atoms with Gasteiger partial charge in [-0.1, -0.05) is 17.2 Å². The van der Waals surface area contributed by atoms with Crippen molar-refractivity contribution in [2.75, 3.05) is 7.11 Å². The van der Waals surface area contributed by atoms with Gasteiger partial charge in [0.15, 0.2) is 11.5 Å². The van der Waals surface area contributed by atoms with Gasteiger partial charge >= 0.3 is 12.6 Å². The molecule has 0 atom stereocenters. The third-order valence-corrected chi connectivity index (χ3v) is 3.59. The number of nitro benzene ring substituents is 1. The van der Waals surface area contributed by atoms with Crippen molar-refractivity contribution in [3.05, 3.63) is 62.7 Å². The molecule has 0 heterocycles. The molecule has 0 aliphatic carbocycles. The van der Waals surface area contributed by atoms with E-state index in [4.69, 9.17) is 9.47 Å². The van der Waals surface area contributed by atoms with Crippen molar-refractivity contribution in [1.29, 1.82) is 0 Å². The van der Waals surface area contributed by atoms with Crippen molar-refractivity contribution in [2.45, 2.75) is 27.1 Å². The van der Waals surface area contributed by atoms with Crippen LogP contribution in [0.15, 0.2) is 30.3 Å². The minimum absolute atomic E-state index is 0.0174. The van der Waals surface area contributed by atoms with E-state index in [1.165, 1.54) is 7.11 Å². The molecule has 9 heteroatoms. The molecule has 0 spiro atoms. The van der Waals surface area contributed by atoms with Crippen LogP contribution in [0.3, 0.4) is 0 Å². The van der Waals surface area contributed by atoms with Gasteiger partial charge in [-0.25, -0.2) is 4.79 Å². The van der Waals surface area contributed by atoms with E-state index >= 15 is 0 Å². The molecular weight excluding hydrogens is 364 g/mol. The summed E-state index contributed by atoms with van der Waals surface area (Å²) in [6.45, 7) is 0.0299. The average molecular weight is 381 g/mol. The molecule has 0 N–H and O–H groups in total. The number of alkyl halides is 2. The van der Waals surface area contributed by atoms with Crippen LogP contribution in [0.1, 0.15) is 27.0 Å². The van der Waals surface area contributed by atoms with Gasteiger partial charge in [0, 0.05) is 0 Å². The number of nitrogens with zero attached hydrogens (tertiary/aromatic N) is 1. The van der Waals surface area contributed by atoms with Crippen LogP contribution in [-0.2, 0) is 11.3 Å². The summed E-state index contributed by atoms with van der Waals surface area (Å²) >= 11 is 0. The number of carbonyl (C=O) groups excluding carboxylic acids is 1. The number of carbonyl (C=O) groups is 1. The number of hydrogen-bond acceptors (Lipinski definition) is 6. The predicted octanol–water partition coefficient (Wildman–Crippen LogP) is 4.18. The van der Waals surface area contributed by atoms with Crippen LogP contribution in [0.2, 0.25) is 0 Å². The summed E-state index contributed by atoms with van der Waals surface area (Å²) in [5.74, 6) is -1.29. The molecule has 0 fully saturated rings. The number of ether oxygens (including phenoxy) is 3. The molecule has 2 aromatic rings. The zero-order valence-corrected chi connectivity index (χ0v) is 14.8. The Morgan fingerprint density at radius 1 is 1.11 bits per heavy atom. The molecule has 7 nitrogen and oxygen atoms in total. The summed E-state index contributed by atoms with van der Waals surface area (Å²) < 4.78 is 39.2. The lowest BCUT2D eigenvalue weighted by Gasteiger charge is -2.12. The van der Waals surface area contributed by atoms with Gasteiger partial charge in [0.05, 0.1) is 29.2 Å². The Balaban J connectivity index is 2.28. The minimum atomic E-state index is -3.17. The number of benzene rings is 2. The first-order valence-corrected chi connectivity index (χ1v) is 7.76. The maximum atomic E-state index is 12.5. The van der Waals surface area contributed by atoms with Crippen molar-refractivity contribution in [3.8, 4) is 11.5 Å². The average Bonchev–Trinajstić information content (AvgIpc) is 2.58. The molecule has 2 rings (SSSR count). The maximum absolute atomic E-state index is 12.5. The third-order valence-electron chi connectivity index (χ3n) is 3.59. The van der Waals surface area contributed by atoms with Crippen LogP contribution >= 0.6 is 0 Å². The van der Waals surface area contributed by atoms with E-state index in [9.17, 15) is 23.7 Å². The van der Waals surface area contributed by atoms with Gasteiger partial charge in [-0.05, 0) is 32.0 Å². The number of halogens is 2. The fraction of sp³-hybridized carbons (Fsp3) is 0.278. The molecule has 0 bridgehead atoms. The third kappa shape index (κ3) is 5.13. The standard InChI is InChI=1S/C18H17F2NO6/c1-10-4-11(2)6-12(5-10)17(22)26-9-13-7-15(25-3)16(27-18(19)20)8-14(13)21(23)24/h4-8,18H,9H2,1-3H3. The van der Waals surface area contributed by atoms with Crippen molar-refractivity contribution < 1.29 is 32.7 Å². The topological polar surface area (TPSA) is 87.9 Å². The van der Waals surface area contributed by atoms with Crippen LogP contribution in [0.5, 0.6) is 11.5 Å². The summed E-state index contributed by atoms with van der Waals surface area (Å²) in [7, 11) is 1.20. The minimum Gasteiger partial charge on any atom is -0.493 e. The Labute approximate surface area is 153 Å². The molecule has 0 saturated heterocycles. The summed E-state index contributed by atoms with van der Waals surface area (Å²) in [6.07, 6.45) is 0. The van der Waals surface area contributed by atoms with Gasteiger partial charge in [0.2, 0.25) is 0 Å². The summed E-state index contributed by atoms with van der Waals surface area (Å²) in [4.78, 5) is 22.7. The fourth-order valence-electron chi connectivity index (χ4n) is 2.54. The summed E-state index contributed by atoms with van der Waals surface area (Å²) in [5.41, 5.74) is 1.49. The van der Waals surface area contributed by atoms with Crippen molar-refractivity contribution in [3.63, 3.8) is 0 Å². The second kappa shape index (κ2) is 8.43. The zero-order valence-electron chi connectivity index (χ0n) is 14.8. The number of aryl methyl sites for hydroxylation is 2. The first-order valence-electron chi connectivity index (χ1n) is 7.76. The Morgan fingerprint density at radius 2 is 1.74 bits per heavy atom. The van der Waals surface area contributed by atoms with E-state index in [1.807, 2.05) is 19.9 Å². The van der Waals surface area contributed by atoms with E-state index in [0.717, 1.165) is 23.3 Å². The molecule has 0 aliphatic heterocycles. The van der Waals surface area contributed by atoms with E-state index in [1.54, 1.807) is 12.1 Å². The number of hydrogen-bond donors (Lipinski definition) is 0. The van der Waals surface area contributed by atoms with Gasteiger partial charge in [0.1, 0.15) is 6.61 Å². The van der Waals surface area contributed by atoms with Crippen LogP contribution in [0.25, 0.3) is 0 Å². The highest BCUT2D eigenvalue weighted by Crippen LogP contribution is 2.36. The molecule has 0 amide bonds. The highest BCUT2D eigenvalue weighted by molar-refractivity contribution is 5.89. The number of esters is 1. The van der Waals surface area contributed by atoms with E-state index in [-0.39, 0.29) is 11.3 Å². The number of nitro groups is 1. The summed E-state index contributed by atoms with van der Waals surface area (Å²) in [5, 5.41) is 11.2. The molecule has 0 unspecified atom stereocenters. The second-order valence-corrected chi connectivity index (χ2v) is 5.72. The van der Waals surface area contributed by atoms with Gasteiger partial charge in [-0.15, -0.1) is 0 Å². The molecule has 144 valence electrons. The highest BCUT2D eigenvalue weighted by atomic mass is 19.3. The van der Waals surface area contributed by atoms with Crippen LogP contribution in [0, 0.1) is 24.0 Å². The first kappa shape index (κ1) is 20.1. The lowest BCUT2D eigenvalue weighted by Crippen LogP contribution is -2.09. The van der Waals surface area contributed by atoms with Gasteiger partial charge < -0.3 is 14.2 Å². The van der Waals surface area contributed by atoms with E-state index in [0.29, 0.717) is 5.56 Å². The Kier molecular flexibility index (Phi) is 6.27. The fourth-order valence-corrected chi connectivity index (χ4v) is 2.54. The van der Waals surface area contributed by atoms with Gasteiger partial charge in [-0.3, -0.25) is 10.1 Å². The van der Waals surface area contributed by atoms with Gasteiger partial charge in [-0.2, -0.15) is 8.78 Å². The number of rotatable bonds is 7. The predicted molar refractivity (Wildman–Crippen MR) is 91.3 cm³/mol. The van der Waals surface area contributed by atoms with Crippen molar-refractivity contribution in [1.82, 2.24) is 0 Å². The molecule has 2 aromatic carbocycles. The maximum Gasteiger partial charge on any atom is 0.387 e. The number of methoxy groups -OCH3 is 1. The van der Waals surface area contributed by atoms with E-state index < -0.39 is 35.5 Å². The quantitative estimate of drug-likeness (QED) is 0.406. The molecular formula is C18H17F2NO6. The second-order valence-electron chi connectivity index (χ2n) is 5.72. The van der Waals surface area contributed by atoms with E-state index in [2.05, 4.69) is 4.74 Å². The molecule has 27 heavy (non-hydrogen) atoms. The van der Waals surface area contributed by atoms with Gasteiger partial charge in [0.25, 0.3) is 5.69 Å². The lowest BCUT2D eigenvalue weighted by atomic mass is 10.1. The lowest BCUT2D eigenvalue weighted by molar-refractivity contribution is -0.386. The SMILES string of the molecule is COc1cc(COC(=O)c2cc(C)cc(C)c2)c([N+](=O)[O-])cc1OC(F)F. The Bertz CT molecular complexity index is 849. The zero-order chi connectivity index (χ0) is 20.1. The Morgan fingerprint density at radius 3 is 2.26 bits per heavy atom. The Hall–Kier alpha value is -3.23.